The summed E-state index contributed by atoms with van der Waals surface area (Å²) >= 11 is 3.18. The molecule has 0 bridgehead atoms. The largest absolute Gasteiger partial charge is 0.206 e. The number of halogens is 2. The third kappa shape index (κ3) is 2.35. The van der Waals surface area contributed by atoms with Crippen LogP contribution in [0, 0.1) is 17.7 Å². The van der Waals surface area contributed by atoms with Crippen molar-refractivity contribution < 1.29 is 4.39 Å². The van der Waals surface area contributed by atoms with Crippen LogP contribution in [0.3, 0.4) is 0 Å². The maximum absolute atomic E-state index is 13.0. The molecule has 0 fully saturated rings. The predicted molar refractivity (Wildman–Crippen MR) is 51.3 cm³/mol. The first-order valence-electron chi connectivity index (χ1n) is 3.68. The van der Waals surface area contributed by atoms with Gasteiger partial charge in [-0.15, -0.1) is 0 Å². The van der Waals surface area contributed by atoms with Gasteiger partial charge in [0.2, 0.25) is 0 Å². The molecule has 0 aliphatic heterocycles. The molecular weight excluding hydrogens is 219 g/mol. The molecule has 0 aliphatic rings. The summed E-state index contributed by atoms with van der Waals surface area (Å²) in [5.41, 5.74) is 0.458. The number of rotatable bonds is 0. The smallest absolute Gasteiger partial charge is 0.139 e. The number of benzene rings is 1. The van der Waals surface area contributed by atoms with Crippen LogP contribution in [0.1, 0.15) is 18.9 Å². The molecule has 2 heteroatoms. The predicted octanol–water partition coefficient (Wildman–Crippen LogP) is 3.35. The maximum Gasteiger partial charge on any atom is 0.139 e. The van der Waals surface area contributed by atoms with E-state index in [2.05, 4.69) is 27.8 Å². The van der Waals surface area contributed by atoms with Gasteiger partial charge in [-0.25, -0.2) is 4.39 Å². The van der Waals surface area contributed by atoms with E-state index in [1.54, 1.807) is 12.1 Å². The fourth-order valence-corrected chi connectivity index (χ4v) is 1.11. The van der Waals surface area contributed by atoms with Crippen LogP contribution >= 0.6 is 15.9 Å². The minimum atomic E-state index is -0.273. The summed E-state index contributed by atoms with van der Waals surface area (Å²) in [7, 11) is 0. The normalized spacial score (nSPS) is 8.92. The summed E-state index contributed by atoms with van der Waals surface area (Å²) in [5, 5.41) is 0. The lowest BCUT2D eigenvalue weighted by Crippen LogP contribution is -1.82. The van der Waals surface area contributed by atoms with E-state index in [4.69, 9.17) is 0 Å². The van der Waals surface area contributed by atoms with Gasteiger partial charge in [-0.05, 0) is 18.2 Å². The number of hydrogen-bond donors (Lipinski definition) is 0. The Morgan fingerprint density at radius 2 is 2.25 bits per heavy atom. The fraction of sp³-hybridized carbons (Fsp3) is 0.200. The quantitative estimate of drug-likeness (QED) is 0.596. The van der Waals surface area contributed by atoms with E-state index in [0.29, 0.717) is 5.56 Å². The zero-order valence-electron chi connectivity index (χ0n) is 6.70. The standard InChI is InChI=1S/C10H8BrF/c1-2-3-4-8-5-6-9(11)7-10(8)12/h5-7H,2H2,1H3. The molecule has 1 aromatic carbocycles. The number of hydrogen-bond acceptors (Lipinski definition) is 0. The van der Waals surface area contributed by atoms with Crippen LogP contribution in [-0.4, -0.2) is 0 Å². The molecule has 0 spiro atoms. The minimum absolute atomic E-state index is 0.273. The van der Waals surface area contributed by atoms with Gasteiger partial charge in [0, 0.05) is 10.9 Å². The monoisotopic (exact) mass is 226 g/mol. The summed E-state index contributed by atoms with van der Waals surface area (Å²) in [5.74, 6) is 5.29. The molecule has 0 nitrogen and oxygen atoms in total. The Bertz CT molecular complexity index is 333. The Labute approximate surface area is 79.9 Å². The second-order valence-corrected chi connectivity index (χ2v) is 3.20. The van der Waals surface area contributed by atoms with Crippen LogP contribution in [0.4, 0.5) is 4.39 Å². The summed E-state index contributed by atoms with van der Waals surface area (Å²) in [6, 6.07) is 4.87. The molecule has 0 radical (unpaired) electrons. The van der Waals surface area contributed by atoms with Gasteiger partial charge < -0.3 is 0 Å². The van der Waals surface area contributed by atoms with E-state index in [1.165, 1.54) is 6.07 Å². The van der Waals surface area contributed by atoms with Crippen LogP contribution < -0.4 is 0 Å². The Morgan fingerprint density at radius 3 is 2.83 bits per heavy atom. The van der Waals surface area contributed by atoms with Crippen molar-refractivity contribution in [2.45, 2.75) is 13.3 Å². The second kappa shape index (κ2) is 4.27. The summed E-state index contributed by atoms with van der Waals surface area (Å²) in [6.45, 7) is 1.93. The first kappa shape index (κ1) is 9.28. The molecule has 0 aromatic heterocycles. The molecule has 0 aliphatic carbocycles. The lowest BCUT2D eigenvalue weighted by atomic mass is 10.2. The third-order valence-electron chi connectivity index (χ3n) is 1.33. The molecule has 0 saturated heterocycles. The van der Waals surface area contributed by atoms with Gasteiger partial charge >= 0.3 is 0 Å². The van der Waals surface area contributed by atoms with Crippen molar-refractivity contribution in [2.75, 3.05) is 0 Å². The molecule has 12 heavy (non-hydrogen) atoms. The Morgan fingerprint density at radius 1 is 1.50 bits per heavy atom. The van der Waals surface area contributed by atoms with Crippen molar-refractivity contribution in [3.63, 3.8) is 0 Å². The van der Waals surface area contributed by atoms with Gasteiger partial charge in [0.1, 0.15) is 5.82 Å². The lowest BCUT2D eigenvalue weighted by Gasteiger charge is -1.93. The van der Waals surface area contributed by atoms with Crippen molar-refractivity contribution in [3.8, 4) is 11.8 Å². The molecular formula is C10H8BrF. The maximum atomic E-state index is 13.0. The van der Waals surface area contributed by atoms with Gasteiger partial charge in [-0.3, -0.25) is 0 Å². The highest BCUT2D eigenvalue weighted by atomic mass is 79.9. The topological polar surface area (TPSA) is 0 Å². The van der Waals surface area contributed by atoms with Gasteiger partial charge in [-0.1, -0.05) is 34.7 Å². The highest BCUT2D eigenvalue weighted by molar-refractivity contribution is 9.10. The first-order chi connectivity index (χ1) is 5.74. The summed E-state index contributed by atoms with van der Waals surface area (Å²) < 4.78 is 13.8. The van der Waals surface area contributed by atoms with Crippen LogP contribution in [0.5, 0.6) is 0 Å². The van der Waals surface area contributed by atoms with Crippen LogP contribution in [0.15, 0.2) is 22.7 Å². The molecule has 0 N–H and O–H groups in total. The highest BCUT2D eigenvalue weighted by Gasteiger charge is 1.97. The molecule has 0 heterocycles. The summed E-state index contributed by atoms with van der Waals surface area (Å²) in [4.78, 5) is 0. The van der Waals surface area contributed by atoms with Crippen LogP contribution in [-0.2, 0) is 0 Å². The molecule has 0 unspecified atom stereocenters. The van der Waals surface area contributed by atoms with Gasteiger partial charge in [0.05, 0.1) is 5.56 Å². The second-order valence-electron chi connectivity index (χ2n) is 2.28. The molecule has 0 amide bonds. The van der Waals surface area contributed by atoms with E-state index in [1.807, 2.05) is 6.92 Å². The van der Waals surface area contributed by atoms with Crippen LogP contribution in [0.25, 0.3) is 0 Å². The van der Waals surface area contributed by atoms with E-state index in [0.717, 1.165) is 10.9 Å². The van der Waals surface area contributed by atoms with E-state index in [9.17, 15) is 4.39 Å². The lowest BCUT2D eigenvalue weighted by molar-refractivity contribution is 0.623. The SMILES string of the molecule is CCC#Cc1ccc(Br)cc1F. The molecule has 62 valence electrons. The minimum Gasteiger partial charge on any atom is -0.206 e. The van der Waals surface area contributed by atoms with Crippen LogP contribution in [0.2, 0.25) is 0 Å². The molecule has 0 saturated carbocycles. The molecule has 0 atom stereocenters. The highest BCUT2D eigenvalue weighted by Crippen LogP contribution is 2.14. The van der Waals surface area contributed by atoms with E-state index >= 15 is 0 Å². The van der Waals surface area contributed by atoms with Crippen molar-refractivity contribution in [1.29, 1.82) is 0 Å². The van der Waals surface area contributed by atoms with Crippen molar-refractivity contribution in [1.82, 2.24) is 0 Å². The van der Waals surface area contributed by atoms with Crippen molar-refractivity contribution in [3.05, 3.63) is 34.1 Å². The summed E-state index contributed by atoms with van der Waals surface area (Å²) in [6.07, 6.45) is 0.746. The van der Waals surface area contributed by atoms with Crippen molar-refractivity contribution in [2.24, 2.45) is 0 Å². The molecule has 1 aromatic rings. The average Bonchev–Trinajstić information content (AvgIpc) is 2.03. The van der Waals surface area contributed by atoms with E-state index < -0.39 is 0 Å². The van der Waals surface area contributed by atoms with Gasteiger partial charge in [-0.2, -0.15) is 0 Å². The van der Waals surface area contributed by atoms with Gasteiger partial charge in [0.25, 0.3) is 0 Å². The third-order valence-corrected chi connectivity index (χ3v) is 1.82. The zero-order valence-corrected chi connectivity index (χ0v) is 8.28. The zero-order chi connectivity index (χ0) is 8.97. The first-order valence-corrected chi connectivity index (χ1v) is 4.47. The Kier molecular flexibility index (Phi) is 3.31. The van der Waals surface area contributed by atoms with E-state index in [-0.39, 0.29) is 5.82 Å². The fourth-order valence-electron chi connectivity index (χ4n) is 0.774. The average molecular weight is 227 g/mol. The molecule has 1 rings (SSSR count). The Hall–Kier alpha value is -0.810. The van der Waals surface area contributed by atoms with Crippen molar-refractivity contribution >= 4 is 15.9 Å². The Balaban J connectivity index is 3.01. The van der Waals surface area contributed by atoms with Gasteiger partial charge in [0.15, 0.2) is 0 Å².